The van der Waals surface area contributed by atoms with E-state index in [0.717, 1.165) is 0 Å². The predicted octanol–water partition coefficient (Wildman–Crippen LogP) is 3.55. The molecule has 0 aromatic heterocycles. The Balaban J connectivity index is 1.42. The van der Waals surface area contributed by atoms with E-state index in [1.54, 1.807) is 19.1 Å². The second kappa shape index (κ2) is 11.0. The number of carbonyl (C=O) groups is 1. The highest BCUT2D eigenvalue weighted by molar-refractivity contribution is 5.79. The summed E-state index contributed by atoms with van der Waals surface area (Å²) in [5, 5.41) is 0. The van der Waals surface area contributed by atoms with Gasteiger partial charge in [-0.15, -0.1) is 0 Å². The van der Waals surface area contributed by atoms with E-state index in [0.29, 0.717) is 46.2 Å². The van der Waals surface area contributed by atoms with Crippen LogP contribution in [-0.2, 0) is 18.9 Å². The van der Waals surface area contributed by atoms with Gasteiger partial charge in [-0.25, -0.2) is 4.79 Å². The van der Waals surface area contributed by atoms with E-state index in [1.807, 2.05) is 24.3 Å². The van der Waals surface area contributed by atoms with Crippen molar-refractivity contribution < 1.29 is 23.7 Å². The van der Waals surface area contributed by atoms with Gasteiger partial charge in [0.1, 0.15) is 6.61 Å². The lowest BCUT2D eigenvalue weighted by Gasteiger charge is -2.19. The average Bonchev–Trinajstić information content (AvgIpc) is 3.07. The Labute approximate surface area is 172 Å². The lowest BCUT2D eigenvalue weighted by Crippen LogP contribution is -2.32. The molecule has 2 aromatic rings. The van der Waals surface area contributed by atoms with E-state index in [9.17, 15) is 4.79 Å². The SMILES string of the molecule is COCCOCCOCCN(C)C(=O)OCC1c2ccccc2-c2ccccc21. The number of likely N-dealkylation sites (N-methyl/N-ethyl adjacent to an activating group) is 1. The molecule has 29 heavy (non-hydrogen) atoms. The third-order valence-electron chi connectivity index (χ3n) is 5.02. The van der Waals surface area contributed by atoms with E-state index < -0.39 is 0 Å². The zero-order valence-corrected chi connectivity index (χ0v) is 17.1. The largest absolute Gasteiger partial charge is 0.448 e. The second-order valence-electron chi connectivity index (χ2n) is 6.94. The van der Waals surface area contributed by atoms with E-state index in [4.69, 9.17) is 18.9 Å². The smallest absolute Gasteiger partial charge is 0.409 e. The molecule has 156 valence electrons. The van der Waals surface area contributed by atoms with Crippen molar-refractivity contribution in [2.24, 2.45) is 0 Å². The fourth-order valence-electron chi connectivity index (χ4n) is 3.46. The Morgan fingerprint density at radius 3 is 2.03 bits per heavy atom. The van der Waals surface area contributed by atoms with Crippen LogP contribution in [-0.4, -0.2) is 71.3 Å². The highest BCUT2D eigenvalue weighted by atomic mass is 16.6. The standard InChI is InChI=1S/C23H29NO5/c1-24(11-12-27-15-16-28-14-13-26-2)23(25)29-17-22-20-9-5-3-7-18(20)19-8-4-6-10-21(19)22/h3-10,22H,11-17H2,1-2H3. The van der Waals surface area contributed by atoms with Gasteiger partial charge in [-0.05, 0) is 22.3 Å². The fourth-order valence-corrected chi connectivity index (χ4v) is 3.46. The number of ether oxygens (including phenoxy) is 4. The summed E-state index contributed by atoms with van der Waals surface area (Å²) in [6, 6.07) is 16.6. The molecule has 3 rings (SSSR count). The van der Waals surface area contributed by atoms with Crippen molar-refractivity contribution in [1.29, 1.82) is 0 Å². The molecule has 6 heteroatoms. The van der Waals surface area contributed by atoms with Gasteiger partial charge in [0.15, 0.2) is 0 Å². The molecule has 1 aliphatic carbocycles. The molecule has 1 amide bonds. The summed E-state index contributed by atoms with van der Waals surface area (Å²) in [5.74, 6) is 0.0697. The molecule has 0 unspecified atom stereocenters. The van der Waals surface area contributed by atoms with Crippen LogP contribution in [0.2, 0.25) is 0 Å². The second-order valence-corrected chi connectivity index (χ2v) is 6.94. The van der Waals surface area contributed by atoms with Crippen molar-refractivity contribution in [3.63, 3.8) is 0 Å². The number of methoxy groups -OCH3 is 1. The van der Waals surface area contributed by atoms with Crippen LogP contribution in [0.25, 0.3) is 11.1 Å². The summed E-state index contributed by atoms with van der Waals surface area (Å²) in [4.78, 5) is 13.9. The topological polar surface area (TPSA) is 57.2 Å². The summed E-state index contributed by atoms with van der Waals surface area (Å²) < 4.78 is 21.3. The van der Waals surface area contributed by atoms with Crippen LogP contribution in [0.15, 0.2) is 48.5 Å². The summed E-state index contributed by atoms with van der Waals surface area (Å²) in [6.45, 7) is 3.36. The normalized spacial score (nSPS) is 12.5. The molecule has 1 aliphatic rings. The highest BCUT2D eigenvalue weighted by Crippen LogP contribution is 2.44. The van der Waals surface area contributed by atoms with E-state index in [-0.39, 0.29) is 12.0 Å². The minimum atomic E-state index is -0.341. The summed E-state index contributed by atoms with van der Waals surface area (Å²) >= 11 is 0. The van der Waals surface area contributed by atoms with Gasteiger partial charge in [-0.2, -0.15) is 0 Å². The minimum Gasteiger partial charge on any atom is -0.448 e. The number of hydrogen-bond donors (Lipinski definition) is 0. The van der Waals surface area contributed by atoms with Crippen LogP contribution in [0.1, 0.15) is 17.0 Å². The third-order valence-corrected chi connectivity index (χ3v) is 5.02. The number of rotatable bonds is 11. The molecular weight excluding hydrogens is 370 g/mol. The maximum Gasteiger partial charge on any atom is 0.409 e. The van der Waals surface area contributed by atoms with Gasteiger partial charge >= 0.3 is 6.09 Å². The van der Waals surface area contributed by atoms with Crippen molar-refractivity contribution in [1.82, 2.24) is 4.90 Å². The number of fused-ring (bicyclic) bond motifs is 3. The first-order chi connectivity index (χ1) is 14.2. The van der Waals surface area contributed by atoms with E-state index in [2.05, 4.69) is 24.3 Å². The summed E-state index contributed by atoms with van der Waals surface area (Å²) in [5.41, 5.74) is 4.86. The van der Waals surface area contributed by atoms with E-state index >= 15 is 0 Å². The Kier molecular flexibility index (Phi) is 8.04. The Hall–Kier alpha value is -2.41. The van der Waals surface area contributed by atoms with Crippen molar-refractivity contribution in [3.05, 3.63) is 59.7 Å². The molecule has 0 radical (unpaired) electrons. The molecular formula is C23H29NO5. The monoisotopic (exact) mass is 399 g/mol. The van der Waals surface area contributed by atoms with Crippen LogP contribution >= 0.6 is 0 Å². The lowest BCUT2D eigenvalue weighted by atomic mass is 9.98. The minimum absolute atomic E-state index is 0.0697. The average molecular weight is 399 g/mol. The first kappa shape index (κ1) is 21.3. The molecule has 0 heterocycles. The van der Waals surface area contributed by atoms with Crippen LogP contribution < -0.4 is 0 Å². The highest BCUT2D eigenvalue weighted by Gasteiger charge is 2.29. The van der Waals surface area contributed by atoms with Gasteiger partial charge in [0.2, 0.25) is 0 Å². The molecule has 0 spiro atoms. The van der Waals surface area contributed by atoms with Crippen LogP contribution in [0.5, 0.6) is 0 Å². The van der Waals surface area contributed by atoms with Crippen molar-refractivity contribution in [3.8, 4) is 11.1 Å². The van der Waals surface area contributed by atoms with Crippen LogP contribution in [0, 0.1) is 0 Å². The molecule has 6 nitrogen and oxygen atoms in total. The number of nitrogens with zero attached hydrogens (tertiary/aromatic N) is 1. The Bertz CT molecular complexity index is 749. The van der Waals surface area contributed by atoms with Gasteiger partial charge in [0, 0.05) is 26.6 Å². The maximum absolute atomic E-state index is 12.4. The molecule has 0 saturated heterocycles. The van der Waals surface area contributed by atoms with Gasteiger partial charge < -0.3 is 23.8 Å². The summed E-state index contributed by atoms with van der Waals surface area (Å²) in [6.07, 6.45) is -0.341. The van der Waals surface area contributed by atoms with Gasteiger partial charge in [0.25, 0.3) is 0 Å². The Morgan fingerprint density at radius 2 is 1.41 bits per heavy atom. The number of hydrogen-bond acceptors (Lipinski definition) is 5. The van der Waals surface area contributed by atoms with Gasteiger partial charge in [0.05, 0.1) is 33.0 Å². The quantitative estimate of drug-likeness (QED) is 0.541. The number of amides is 1. The summed E-state index contributed by atoms with van der Waals surface area (Å²) in [7, 11) is 3.36. The van der Waals surface area contributed by atoms with Crippen molar-refractivity contribution in [2.45, 2.75) is 5.92 Å². The predicted molar refractivity (Wildman–Crippen MR) is 111 cm³/mol. The zero-order valence-electron chi connectivity index (χ0n) is 17.1. The molecule has 0 saturated carbocycles. The van der Waals surface area contributed by atoms with Crippen LogP contribution in [0.3, 0.4) is 0 Å². The molecule has 0 aliphatic heterocycles. The molecule has 0 fully saturated rings. The lowest BCUT2D eigenvalue weighted by molar-refractivity contribution is 0.0199. The maximum atomic E-state index is 12.4. The fraction of sp³-hybridized carbons (Fsp3) is 0.435. The first-order valence-corrected chi connectivity index (χ1v) is 9.93. The Morgan fingerprint density at radius 1 is 0.862 bits per heavy atom. The zero-order chi connectivity index (χ0) is 20.5. The van der Waals surface area contributed by atoms with Gasteiger partial charge in [-0.1, -0.05) is 48.5 Å². The first-order valence-electron chi connectivity index (χ1n) is 9.93. The molecule has 0 atom stereocenters. The third kappa shape index (κ3) is 5.56. The number of carbonyl (C=O) groups excluding carboxylic acids is 1. The van der Waals surface area contributed by atoms with Gasteiger partial charge in [-0.3, -0.25) is 0 Å². The number of benzene rings is 2. The van der Waals surface area contributed by atoms with Crippen LogP contribution in [0.4, 0.5) is 4.79 Å². The van der Waals surface area contributed by atoms with E-state index in [1.165, 1.54) is 22.3 Å². The molecule has 0 bridgehead atoms. The van der Waals surface area contributed by atoms with Crippen molar-refractivity contribution >= 4 is 6.09 Å². The van der Waals surface area contributed by atoms with Crippen molar-refractivity contribution in [2.75, 3.05) is 60.3 Å². The molecule has 0 N–H and O–H groups in total. The molecule has 2 aromatic carbocycles.